The van der Waals surface area contributed by atoms with Crippen LogP contribution < -0.4 is 9.84 Å². The van der Waals surface area contributed by atoms with Gasteiger partial charge in [0.25, 0.3) is 5.78 Å². The van der Waals surface area contributed by atoms with Crippen molar-refractivity contribution in [3.05, 3.63) is 89.5 Å². The van der Waals surface area contributed by atoms with Gasteiger partial charge < -0.3 is 0 Å². The normalized spacial score (nSPS) is 17.4. The summed E-state index contributed by atoms with van der Waals surface area (Å²) in [7, 11) is 0. The van der Waals surface area contributed by atoms with E-state index in [0.29, 0.717) is 16.7 Å². The quantitative estimate of drug-likeness (QED) is 0.293. The Bertz CT molecular complexity index is 1430. The molecular weight excluding hydrogens is 380 g/mol. The highest BCUT2D eigenvalue weighted by molar-refractivity contribution is 5.99. The molecule has 0 amide bonds. The number of Topliss-reactive ketones (excluding diaryl/α,β-unsaturated/α-hetero) is 1. The van der Waals surface area contributed by atoms with Crippen LogP contribution in [0.2, 0.25) is 0 Å². The van der Waals surface area contributed by atoms with Crippen molar-refractivity contribution < 1.29 is 9.16 Å². The van der Waals surface area contributed by atoms with Crippen LogP contribution in [0.25, 0.3) is 21.5 Å². The first kappa shape index (κ1) is 17.6. The number of carbonyl (C=O) groups is 1. The number of nitrogens with zero attached hydrogens (tertiary/aromatic N) is 8. The largest absolute Gasteiger partial charge is 0.396 e. The molecule has 142 valence electrons. The zero-order valence-electron chi connectivity index (χ0n) is 15.5. The minimum atomic E-state index is -1.29. The Morgan fingerprint density at radius 3 is 2.97 bits per heavy atom. The van der Waals surface area contributed by atoms with E-state index in [4.69, 9.17) is 6.57 Å². The second-order valence-electron chi connectivity index (χ2n) is 6.57. The molecule has 9 nitrogen and oxygen atoms in total. The van der Waals surface area contributed by atoms with Gasteiger partial charge in [0.1, 0.15) is 11.7 Å². The van der Waals surface area contributed by atoms with Crippen molar-refractivity contribution in [2.75, 3.05) is 0 Å². The van der Waals surface area contributed by atoms with Crippen molar-refractivity contribution in [1.29, 1.82) is 0 Å². The maximum Gasteiger partial charge on any atom is 0.396 e. The zero-order valence-corrected chi connectivity index (χ0v) is 15.5. The standard InChI is InChI=1S/C21H13N8O/c1-22-20(19(30)17-8-4-5-11-23-17)26-24-13-9-10-16-18(12-13)29-21(27-25-16)14-6-2-3-7-15(14)28-29/h2-12,15,20H/q+1. The summed E-state index contributed by atoms with van der Waals surface area (Å²) in [4.78, 5) is 19.7. The van der Waals surface area contributed by atoms with Crippen LogP contribution in [0.5, 0.6) is 0 Å². The van der Waals surface area contributed by atoms with E-state index in [0.717, 1.165) is 11.1 Å². The summed E-state index contributed by atoms with van der Waals surface area (Å²) < 4.78 is 1.74. The molecule has 1 aromatic carbocycles. The molecule has 3 heterocycles. The molecule has 1 aliphatic carbocycles. The summed E-state index contributed by atoms with van der Waals surface area (Å²) in [5.41, 5.74) is 3.68. The van der Waals surface area contributed by atoms with Crippen molar-refractivity contribution >= 4 is 28.1 Å². The van der Waals surface area contributed by atoms with Gasteiger partial charge >= 0.3 is 11.6 Å². The van der Waals surface area contributed by atoms with Crippen molar-refractivity contribution in [3.8, 4) is 0 Å². The number of allylic oxidation sites excluding steroid dienone is 2. The van der Waals surface area contributed by atoms with Gasteiger partial charge in [0.15, 0.2) is 11.0 Å². The molecular formula is C21H13N8O+. The number of benzene rings is 1. The van der Waals surface area contributed by atoms with Gasteiger partial charge in [0.2, 0.25) is 0 Å². The Balaban J connectivity index is 1.53. The summed E-state index contributed by atoms with van der Waals surface area (Å²) in [5.74, 6) is -0.495. The van der Waals surface area contributed by atoms with E-state index in [1.165, 1.54) is 6.20 Å². The van der Waals surface area contributed by atoms with E-state index in [2.05, 4.69) is 35.4 Å². The predicted octanol–water partition coefficient (Wildman–Crippen LogP) is 2.21. The number of azo groups is 1. The molecule has 0 radical (unpaired) electrons. The van der Waals surface area contributed by atoms with Crippen molar-refractivity contribution in [2.45, 2.75) is 12.2 Å². The molecule has 30 heavy (non-hydrogen) atoms. The van der Waals surface area contributed by atoms with Gasteiger partial charge in [-0.1, -0.05) is 33.8 Å². The number of ketones is 1. The Labute approximate surface area is 170 Å². The van der Waals surface area contributed by atoms with Crippen LogP contribution in [-0.2, 0) is 0 Å². The molecule has 2 aromatic heterocycles. The number of fused-ring (bicyclic) bond motifs is 4. The Kier molecular flexibility index (Phi) is 4.22. The fourth-order valence-electron chi connectivity index (χ4n) is 3.24. The number of hydrogen-bond acceptors (Lipinski definition) is 7. The van der Waals surface area contributed by atoms with Gasteiger partial charge in [-0.3, -0.25) is 14.6 Å². The molecule has 0 bridgehead atoms. The second kappa shape index (κ2) is 7.18. The lowest BCUT2D eigenvalue weighted by Crippen LogP contribution is -2.39. The van der Waals surface area contributed by atoms with Crippen LogP contribution in [0.4, 0.5) is 5.69 Å². The van der Waals surface area contributed by atoms with Crippen LogP contribution in [0.15, 0.2) is 82.2 Å². The van der Waals surface area contributed by atoms with Crippen LogP contribution >= 0.6 is 0 Å². The molecule has 2 aliphatic rings. The highest BCUT2D eigenvalue weighted by atomic mass is 16.1. The molecule has 2 atom stereocenters. The monoisotopic (exact) mass is 393 g/mol. The maximum absolute atomic E-state index is 12.4. The third-order valence-electron chi connectivity index (χ3n) is 4.69. The van der Waals surface area contributed by atoms with Crippen molar-refractivity contribution in [1.82, 2.24) is 15.2 Å². The van der Waals surface area contributed by atoms with E-state index in [-0.39, 0.29) is 11.7 Å². The van der Waals surface area contributed by atoms with Crippen LogP contribution in [0, 0.1) is 6.57 Å². The average Bonchev–Trinajstić information content (AvgIpc) is 3.19. The van der Waals surface area contributed by atoms with E-state index in [1.54, 1.807) is 40.8 Å². The summed E-state index contributed by atoms with van der Waals surface area (Å²) in [5, 5.41) is 21.3. The molecule has 0 saturated carbocycles. The van der Waals surface area contributed by atoms with Crippen LogP contribution in [-0.4, -0.2) is 33.2 Å². The molecule has 5 rings (SSSR count). The number of pyridine rings is 1. The zero-order chi connectivity index (χ0) is 20.5. The van der Waals surface area contributed by atoms with Crippen LogP contribution in [0.3, 0.4) is 0 Å². The first-order valence-electron chi connectivity index (χ1n) is 9.13. The molecule has 0 fully saturated rings. The fraction of sp³-hybridized carbons (Fsp3) is 0.0952. The van der Waals surface area contributed by atoms with Crippen LogP contribution in [0.1, 0.15) is 10.5 Å². The van der Waals surface area contributed by atoms with Crippen molar-refractivity contribution in [3.63, 3.8) is 0 Å². The lowest BCUT2D eigenvalue weighted by atomic mass is 10.0. The summed E-state index contributed by atoms with van der Waals surface area (Å²) in [6, 6.07) is 10.1. The first-order valence-corrected chi connectivity index (χ1v) is 9.13. The molecule has 0 spiro atoms. The highest BCUT2D eigenvalue weighted by Crippen LogP contribution is 2.20. The SMILES string of the molecule is [C-]#[N+]C(N=Nc1ccc2nnc3[n+](c2c1)=NC1C=CC=CC=31)C(=O)c1ccccn1. The van der Waals surface area contributed by atoms with E-state index < -0.39 is 11.9 Å². The van der Waals surface area contributed by atoms with Gasteiger partial charge in [-0.2, -0.15) is 0 Å². The van der Waals surface area contributed by atoms with Gasteiger partial charge in [-0.05, 0) is 35.4 Å². The maximum atomic E-state index is 12.4. The Morgan fingerprint density at radius 1 is 1.20 bits per heavy atom. The van der Waals surface area contributed by atoms with E-state index in [9.17, 15) is 4.79 Å². The van der Waals surface area contributed by atoms with Gasteiger partial charge in [0, 0.05) is 12.3 Å². The smallest absolute Gasteiger partial charge is 0.281 e. The minimum Gasteiger partial charge on any atom is -0.281 e. The van der Waals surface area contributed by atoms with E-state index >= 15 is 0 Å². The lowest BCUT2D eigenvalue weighted by Gasteiger charge is -2.00. The Hall–Kier alpha value is -4.45. The number of hydrogen-bond donors (Lipinski definition) is 0. The molecule has 0 N–H and O–H groups in total. The highest BCUT2D eigenvalue weighted by Gasteiger charge is 2.27. The lowest BCUT2D eigenvalue weighted by molar-refractivity contribution is -0.535. The molecule has 2 unspecified atom stereocenters. The fourth-order valence-corrected chi connectivity index (χ4v) is 3.24. The van der Waals surface area contributed by atoms with Gasteiger partial charge in [-0.25, -0.2) is 6.57 Å². The number of carbonyl (C=O) groups excluding carboxylic acids is 1. The third kappa shape index (κ3) is 2.97. The summed E-state index contributed by atoms with van der Waals surface area (Å²) >= 11 is 0. The van der Waals surface area contributed by atoms with Gasteiger partial charge in [0.05, 0.1) is 16.4 Å². The minimum absolute atomic E-state index is 0.0947. The first-order chi connectivity index (χ1) is 14.7. The second-order valence-corrected chi connectivity index (χ2v) is 6.57. The third-order valence-corrected chi connectivity index (χ3v) is 4.69. The molecule has 1 aliphatic heterocycles. The molecule has 0 saturated heterocycles. The Morgan fingerprint density at radius 2 is 2.13 bits per heavy atom. The van der Waals surface area contributed by atoms with E-state index in [1.807, 2.05) is 24.3 Å². The average molecular weight is 393 g/mol. The summed E-state index contributed by atoms with van der Waals surface area (Å²) in [6.45, 7) is 7.30. The number of aromatic nitrogens is 4. The topological polar surface area (TPSA) is 103 Å². The molecule has 9 heteroatoms. The molecule has 3 aromatic rings. The van der Waals surface area contributed by atoms with Gasteiger partial charge in [-0.15, -0.1) is 10.2 Å². The summed E-state index contributed by atoms with van der Waals surface area (Å²) in [6.07, 6.45) is 8.06. The predicted molar refractivity (Wildman–Crippen MR) is 106 cm³/mol. The van der Waals surface area contributed by atoms with Crippen molar-refractivity contribution in [2.24, 2.45) is 15.3 Å². The number of rotatable bonds is 4.